The van der Waals surface area contributed by atoms with Crippen LogP contribution in [0.4, 0.5) is 8.78 Å². The summed E-state index contributed by atoms with van der Waals surface area (Å²) in [5.41, 5.74) is 0. The maximum atomic E-state index is 13.0. The minimum absolute atomic E-state index is 0.0917. The molecule has 1 unspecified atom stereocenters. The zero-order valence-corrected chi connectivity index (χ0v) is 10.7. The van der Waals surface area contributed by atoms with Gasteiger partial charge in [-0.2, -0.15) is 0 Å². The highest BCUT2D eigenvalue weighted by Crippen LogP contribution is 2.36. The van der Waals surface area contributed by atoms with Crippen molar-refractivity contribution in [3.05, 3.63) is 0 Å². The highest BCUT2D eigenvalue weighted by molar-refractivity contribution is 4.82. The molecule has 1 heterocycles. The van der Waals surface area contributed by atoms with Crippen molar-refractivity contribution >= 4 is 0 Å². The Hall–Kier alpha value is -0.220. The molecule has 2 rings (SSSR count). The molecule has 0 bridgehead atoms. The monoisotopic (exact) mass is 246 g/mol. The lowest BCUT2D eigenvalue weighted by molar-refractivity contribution is -0.0494. The number of nitrogens with zero attached hydrogens (tertiary/aromatic N) is 1. The second kappa shape index (κ2) is 5.61. The normalized spacial score (nSPS) is 30.7. The smallest absolute Gasteiger partial charge is 0.248 e. The summed E-state index contributed by atoms with van der Waals surface area (Å²) in [5, 5.41) is 3.40. The number of piperidine rings is 1. The Bertz CT molecular complexity index is 230. The molecule has 17 heavy (non-hydrogen) atoms. The predicted octanol–water partition coefficient (Wildman–Crippen LogP) is 2.50. The van der Waals surface area contributed by atoms with E-state index in [0.29, 0.717) is 24.8 Å². The van der Waals surface area contributed by atoms with Crippen LogP contribution in [0.2, 0.25) is 0 Å². The van der Waals surface area contributed by atoms with Crippen LogP contribution in [-0.4, -0.2) is 43.5 Å². The second-order valence-corrected chi connectivity index (χ2v) is 5.74. The summed E-state index contributed by atoms with van der Waals surface area (Å²) in [4.78, 5) is 2.38. The van der Waals surface area contributed by atoms with Crippen LogP contribution >= 0.6 is 0 Å². The first-order valence-electron chi connectivity index (χ1n) is 6.86. The van der Waals surface area contributed by atoms with E-state index in [1.807, 2.05) is 0 Å². The van der Waals surface area contributed by atoms with E-state index in [9.17, 15) is 8.78 Å². The van der Waals surface area contributed by atoms with Crippen LogP contribution < -0.4 is 5.32 Å². The van der Waals surface area contributed by atoms with E-state index in [4.69, 9.17) is 0 Å². The molecular weight excluding hydrogens is 222 g/mol. The number of hydrogen-bond acceptors (Lipinski definition) is 2. The van der Waals surface area contributed by atoms with Gasteiger partial charge in [0.15, 0.2) is 0 Å². The lowest BCUT2D eigenvalue weighted by Crippen LogP contribution is -2.46. The SMILES string of the molecule is CN(CC1CCC(F)(F)CC1)C1CCCNC1. The van der Waals surface area contributed by atoms with Crippen molar-refractivity contribution in [2.24, 2.45) is 5.92 Å². The van der Waals surface area contributed by atoms with Gasteiger partial charge in [-0.3, -0.25) is 0 Å². The highest BCUT2D eigenvalue weighted by atomic mass is 19.3. The van der Waals surface area contributed by atoms with Gasteiger partial charge in [0, 0.05) is 32.0 Å². The largest absolute Gasteiger partial charge is 0.315 e. The van der Waals surface area contributed by atoms with Crippen molar-refractivity contribution in [3.8, 4) is 0 Å². The first-order valence-corrected chi connectivity index (χ1v) is 6.86. The lowest BCUT2D eigenvalue weighted by Gasteiger charge is -2.36. The maximum Gasteiger partial charge on any atom is 0.248 e. The summed E-state index contributed by atoms with van der Waals surface area (Å²) in [7, 11) is 2.14. The van der Waals surface area contributed by atoms with Gasteiger partial charge < -0.3 is 10.2 Å². The standard InChI is InChI=1S/C13H24F2N2/c1-17(12-3-2-8-16-9-12)10-11-4-6-13(14,15)7-5-11/h11-12,16H,2-10H2,1H3. The lowest BCUT2D eigenvalue weighted by atomic mass is 9.86. The number of halogens is 2. The van der Waals surface area contributed by atoms with Gasteiger partial charge in [0.25, 0.3) is 0 Å². The van der Waals surface area contributed by atoms with Crippen LogP contribution in [0.5, 0.6) is 0 Å². The summed E-state index contributed by atoms with van der Waals surface area (Å²) >= 11 is 0. The average molecular weight is 246 g/mol. The molecule has 1 N–H and O–H groups in total. The Morgan fingerprint density at radius 3 is 2.53 bits per heavy atom. The van der Waals surface area contributed by atoms with Gasteiger partial charge in [-0.25, -0.2) is 8.78 Å². The topological polar surface area (TPSA) is 15.3 Å². The number of nitrogens with one attached hydrogen (secondary N) is 1. The van der Waals surface area contributed by atoms with E-state index in [1.54, 1.807) is 0 Å². The van der Waals surface area contributed by atoms with Crippen molar-refractivity contribution in [1.29, 1.82) is 0 Å². The zero-order valence-electron chi connectivity index (χ0n) is 10.7. The van der Waals surface area contributed by atoms with Crippen molar-refractivity contribution in [2.75, 3.05) is 26.7 Å². The number of likely N-dealkylation sites (N-methyl/N-ethyl adjacent to an activating group) is 1. The van der Waals surface area contributed by atoms with Crippen molar-refractivity contribution in [1.82, 2.24) is 10.2 Å². The van der Waals surface area contributed by atoms with Gasteiger partial charge in [0.05, 0.1) is 0 Å². The maximum absolute atomic E-state index is 13.0. The third kappa shape index (κ3) is 3.88. The molecule has 1 atom stereocenters. The number of rotatable bonds is 3. The van der Waals surface area contributed by atoms with E-state index in [1.165, 1.54) is 12.8 Å². The van der Waals surface area contributed by atoms with Crippen molar-refractivity contribution in [3.63, 3.8) is 0 Å². The van der Waals surface area contributed by atoms with Crippen LogP contribution in [0, 0.1) is 5.92 Å². The Labute approximate surface area is 103 Å². The minimum atomic E-state index is -2.39. The molecule has 0 aromatic rings. The fourth-order valence-corrected chi connectivity index (χ4v) is 3.05. The first kappa shape index (κ1) is 13.2. The fourth-order valence-electron chi connectivity index (χ4n) is 3.05. The third-order valence-electron chi connectivity index (χ3n) is 4.28. The van der Waals surface area contributed by atoms with E-state index < -0.39 is 5.92 Å². The molecule has 0 aromatic heterocycles. The first-order chi connectivity index (χ1) is 8.07. The van der Waals surface area contributed by atoms with Gasteiger partial charge in [0.1, 0.15) is 0 Å². The second-order valence-electron chi connectivity index (χ2n) is 5.74. The molecule has 1 saturated carbocycles. The fraction of sp³-hybridized carbons (Fsp3) is 1.00. The predicted molar refractivity (Wildman–Crippen MR) is 65.4 cm³/mol. The molecule has 4 heteroatoms. The van der Waals surface area contributed by atoms with Crippen LogP contribution in [0.25, 0.3) is 0 Å². The molecule has 1 aliphatic carbocycles. The molecule has 100 valence electrons. The van der Waals surface area contributed by atoms with Gasteiger partial charge in [-0.05, 0) is 45.2 Å². The third-order valence-corrected chi connectivity index (χ3v) is 4.28. The quantitative estimate of drug-likeness (QED) is 0.823. The highest BCUT2D eigenvalue weighted by Gasteiger charge is 2.35. The van der Waals surface area contributed by atoms with Gasteiger partial charge in [-0.1, -0.05) is 0 Å². The molecule has 1 aliphatic heterocycles. The Balaban J connectivity index is 1.73. The zero-order chi connectivity index (χ0) is 12.3. The molecular formula is C13H24F2N2. The summed E-state index contributed by atoms with van der Waals surface area (Å²) < 4.78 is 26.1. The van der Waals surface area contributed by atoms with Crippen LogP contribution in [-0.2, 0) is 0 Å². The molecule has 1 saturated heterocycles. The van der Waals surface area contributed by atoms with E-state index in [-0.39, 0.29) is 12.8 Å². The number of alkyl halides is 2. The van der Waals surface area contributed by atoms with Crippen molar-refractivity contribution in [2.45, 2.75) is 50.5 Å². The molecule has 2 nitrogen and oxygen atoms in total. The molecule has 0 radical (unpaired) electrons. The van der Waals surface area contributed by atoms with Gasteiger partial charge >= 0.3 is 0 Å². The number of hydrogen-bond donors (Lipinski definition) is 1. The van der Waals surface area contributed by atoms with Crippen LogP contribution in [0.1, 0.15) is 38.5 Å². The average Bonchev–Trinajstić information content (AvgIpc) is 2.33. The van der Waals surface area contributed by atoms with Gasteiger partial charge in [0.2, 0.25) is 5.92 Å². The Morgan fingerprint density at radius 2 is 1.94 bits per heavy atom. The molecule has 2 fully saturated rings. The Morgan fingerprint density at radius 1 is 1.24 bits per heavy atom. The Kier molecular flexibility index (Phi) is 4.36. The molecule has 0 spiro atoms. The van der Waals surface area contributed by atoms with Crippen LogP contribution in [0.3, 0.4) is 0 Å². The van der Waals surface area contributed by atoms with Crippen LogP contribution in [0.15, 0.2) is 0 Å². The van der Waals surface area contributed by atoms with Crippen molar-refractivity contribution < 1.29 is 8.78 Å². The molecule has 2 aliphatic rings. The summed E-state index contributed by atoms with van der Waals surface area (Å²) in [5.74, 6) is -1.91. The van der Waals surface area contributed by atoms with E-state index >= 15 is 0 Å². The molecule has 0 amide bonds. The van der Waals surface area contributed by atoms with E-state index in [2.05, 4.69) is 17.3 Å². The van der Waals surface area contributed by atoms with E-state index in [0.717, 1.165) is 19.6 Å². The summed E-state index contributed by atoms with van der Waals surface area (Å²) in [6.45, 7) is 3.17. The summed E-state index contributed by atoms with van der Waals surface area (Å²) in [6.07, 6.45) is 4.04. The summed E-state index contributed by atoms with van der Waals surface area (Å²) in [6, 6.07) is 0.603. The molecule has 0 aromatic carbocycles. The minimum Gasteiger partial charge on any atom is -0.315 e. The van der Waals surface area contributed by atoms with Gasteiger partial charge in [-0.15, -0.1) is 0 Å².